The van der Waals surface area contributed by atoms with Crippen LogP contribution >= 0.6 is 0 Å². The Hall–Kier alpha value is -2.35. The van der Waals surface area contributed by atoms with Crippen molar-refractivity contribution in [2.24, 2.45) is 0 Å². The van der Waals surface area contributed by atoms with E-state index in [1.807, 2.05) is 6.07 Å². The molecule has 2 aromatic rings. The number of carbonyl (C=O) groups is 1. The van der Waals surface area contributed by atoms with Crippen LogP contribution in [0.5, 0.6) is 0 Å². The average molecular weight is 337 g/mol. The first-order valence-electron chi connectivity index (χ1n) is 6.91. The minimum Gasteiger partial charge on any atom is -0.468 e. The quantitative estimate of drug-likeness (QED) is 0.819. The summed E-state index contributed by atoms with van der Waals surface area (Å²) in [7, 11) is -2.72. The van der Waals surface area contributed by atoms with Gasteiger partial charge in [-0.05, 0) is 31.0 Å². The first-order chi connectivity index (χ1) is 10.8. The summed E-state index contributed by atoms with van der Waals surface area (Å²) in [5, 5.41) is 0. The highest BCUT2D eigenvalue weighted by molar-refractivity contribution is 7.92. The molecule has 0 aliphatic carbocycles. The van der Waals surface area contributed by atoms with E-state index < -0.39 is 21.6 Å². The second-order valence-corrected chi connectivity index (χ2v) is 7.13. The monoisotopic (exact) mass is 337 g/mol. The van der Waals surface area contributed by atoms with Crippen LogP contribution in [0.4, 0.5) is 5.82 Å². The fraction of sp³-hybridized carbons (Fsp3) is 0.333. The Bertz CT molecular complexity index is 826. The van der Waals surface area contributed by atoms with Crippen LogP contribution in [0.25, 0.3) is 0 Å². The summed E-state index contributed by atoms with van der Waals surface area (Å²) >= 11 is 0. The molecular weight excluding hydrogens is 318 g/mol. The highest BCUT2D eigenvalue weighted by atomic mass is 32.2. The van der Waals surface area contributed by atoms with Gasteiger partial charge in [-0.2, -0.15) is 0 Å². The number of rotatable bonds is 5. The van der Waals surface area contributed by atoms with Crippen molar-refractivity contribution in [3.63, 3.8) is 0 Å². The average Bonchev–Trinajstić information content (AvgIpc) is 2.72. The second kappa shape index (κ2) is 6.41. The van der Waals surface area contributed by atoms with E-state index in [1.54, 1.807) is 36.9 Å². The molecule has 0 saturated carbocycles. The fourth-order valence-electron chi connectivity index (χ4n) is 2.42. The molecule has 0 aromatic carbocycles. The number of anilines is 1. The summed E-state index contributed by atoms with van der Waals surface area (Å²) in [6, 6.07) is 3.68. The molecule has 23 heavy (non-hydrogen) atoms. The number of carbonyl (C=O) groups excluding carboxylic acids is 1. The minimum absolute atomic E-state index is 0.00992. The Balaban J connectivity index is 2.48. The number of nitrogen functional groups attached to an aromatic ring is 1. The van der Waals surface area contributed by atoms with E-state index in [0.717, 1.165) is 18.4 Å². The van der Waals surface area contributed by atoms with Gasteiger partial charge in [-0.25, -0.2) is 8.42 Å². The topological polar surface area (TPSA) is 104 Å². The van der Waals surface area contributed by atoms with E-state index in [1.165, 1.54) is 0 Å². The van der Waals surface area contributed by atoms with Gasteiger partial charge in [-0.1, -0.05) is 6.07 Å². The first kappa shape index (κ1) is 17.0. The summed E-state index contributed by atoms with van der Waals surface area (Å²) in [5.41, 5.74) is 8.23. The molecule has 0 fully saturated rings. The van der Waals surface area contributed by atoms with E-state index >= 15 is 0 Å². The van der Waals surface area contributed by atoms with Crippen LogP contribution in [0.2, 0.25) is 0 Å². The van der Waals surface area contributed by atoms with Gasteiger partial charge in [-0.15, -0.1) is 0 Å². The number of hydrogen-bond acceptors (Lipinski definition) is 6. The number of aromatic nitrogens is 2. The Kier molecular flexibility index (Phi) is 4.74. The van der Waals surface area contributed by atoms with Gasteiger partial charge in [0.05, 0.1) is 13.7 Å². The van der Waals surface area contributed by atoms with Crippen LogP contribution in [0.1, 0.15) is 16.8 Å². The predicted molar refractivity (Wildman–Crippen MR) is 85.7 cm³/mol. The SMILES string of the molecule is COC(=O)CS(=O)(=O)c1c(C)c(C)n(Cc2cccnc2)c1N. The molecule has 0 bridgehead atoms. The van der Waals surface area contributed by atoms with Crippen molar-refractivity contribution in [2.75, 3.05) is 18.6 Å². The van der Waals surface area contributed by atoms with Crippen molar-refractivity contribution < 1.29 is 17.9 Å². The van der Waals surface area contributed by atoms with Crippen LogP contribution in [0.15, 0.2) is 29.4 Å². The molecule has 0 atom stereocenters. The van der Waals surface area contributed by atoms with E-state index in [4.69, 9.17) is 5.73 Å². The van der Waals surface area contributed by atoms with Gasteiger partial charge < -0.3 is 15.0 Å². The molecule has 0 amide bonds. The number of ether oxygens (including phenoxy) is 1. The lowest BCUT2D eigenvalue weighted by Gasteiger charge is -2.09. The summed E-state index contributed by atoms with van der Waals surface area (Å²) in [5.74, 6) is -1.43. The van der Waals surface area contributed by atoms with E-state index in [2.05, 4.69) is 9.72 Å². The zero-order valence-corrected chi connectivity index (χ0v) is 14.1. The normalized spacial score (nSPS) is 11.4. The Morgan fingerprint density at radius 3 is 2.65 bits per heavy atom. The van der Waals surface area contributed by atoms with Gasteiger partial charge >= 0.3 is 5.97 Å². The van der Waals surface area contributed by atoms with Crippen LogP contribution < -0.4 is 5.73 Å². The van der Waals surface area contributed by atoms with Crippen LogP contribution in [-0.2, 0) is 25.9 Å². The molecule has 2 N–H and O–H groups in total. The molecule has 2 rings (SSSR count). The second-order valence-electron chi connectivity index (χ2n) is 5.21. The third kappa shape index (κ3) is 3.37. The van der Waals surface area contributed by atoms with Crippen molar-refractivity contribution in [2.45, 2.75) is 25.3 Å². The number of nitrogens with zero attached hydrogens (tertiary/aromatic N) is 2. The van der Waals surface area contributed by atoms with Gasteiger partial charge in [0.25, 0.3) is 0 Å². The molecule has 2 heterocycles. The van der Waals surface area contributed by atoms with Gasteiger partial charge in [0.15, 0.2) is 15.6 Å². The smallest absolute Gasteiger partial charge is 0.321 e. The lowest BCUT2D eigenvalue weighted by Crippen LogP contribution is -2.19. The Labute approximate surface area is 135 Å². The van der Waals surface area contributed by atoms with E-state index in [9.17, 15) is 13.2 Å². The fourth-order valence-corrected chi connectivity index (χ4v) is 4.03. The van der Waals surface area contributed by atoms with Gasteiger partial charge in [0, 0.05) is 18.1 Å². The lowest BCUT2D eigenvalue weighted by atomic mass is 10.2. The van der Waals surface area contributed by atoms with Crippen molar-refractivity contribution in [3.8, 4) is 0 Å². The molecule has 0 saturated heterocycles. The Morgan fingerprint density at radius 1 is 1.39 bits per heavy atom. The first-order valence-corrected chi connectivity index (χ1v) is 8.56. The van der Waals surface area contributed by atoms with Crippen LogP contribution in [0, 0.1) is 13.8 Å². The van der Waals surface area contributed by atoms with Crippen molar-refractivity contribution in [1.82, 2.24) is 9.55 Å². The lowest BCUT2D eigenvalue weighted by molar-refractivity contribution is -0.137. The summed E-state index contributed by atoms with van der Waals surface area (Å²) in [6.45, 7) is 3.87. The number of esters is 1. The minimum atomic E-state index is -3.86. The van der Waals surface area contributed by atoms with Crippen LogP contribution in [0.3, 0.4) is 0 Å². The van der Waals surface area contributed by atoms with Gasteiger partial charge in [-0.3, -0.25) is 9.78 Å². The number of methoxy groups -OCH3 is 1. The maximum atomic E-state index is 12.5. The summed E-state index contributed by atoms with van der Waals surface area (Å²) in [4.78, 5) is 15.4. The molecule has 0 aliphatic rings. The largest absolute Gasteiger partial charge is 0.468 e. The van der Waals surface area contributed by atoms with E-state index in [0.29, 0.717) is 12.1 Å². The number of hydrogen-bond donors (Lipinski definition) is 1. The Morgan fingerprint density at radius 2 is 2.09 bits per heavy atom. The maximum absolute atomic E-state index is 12.5. The summed E-state index contributed by atoms with van der Waals surface area (Å²) < 4.78 is 31.1. The van der Waals surface area contributed by atoms with Gasteiger partial charge in [0.2, 0.25) is 0 Å². The molecule has 0 unspecified atom stereocenters. The molecule has 8 heteroatoms. The molecule has 124 valence electrons. The third-order valence-electron chi connectivity index (χ3n) is 3.72. The molecule has 0 radical (unpaired) electrons. The number of sulfone groups is 1. The van der Waals surface area contributed by atoms with Crippen molar-refractivity contribution in [3.05, 3.63) is 41.3 Å². The molecule has 0 aliphatic heterocycles. The zero-order valence-electron chi connectivity index (χ0n) is 13.2. The van der Waals surface area contributed by atoms with Crippen LogP contribution in [-0.4, -0.2) is 36.8 Å². The maximum Gasteiger partial charge on any atom is 0.321 e. The van der Waals surface area contributed by atoms with Gasteiger partial charge in [0.1, 0.15) is 10.7 Å². The number of pyridine rings is 1. The van der Waals surface area contributed by atoms with Crippen molar-refractivity contribution in [1.29, 1.82) is 0 Å². The van der Waals surface area contributed by atoms with E-state index in [-0.39, 0.29) is 10.7 Å². The predicted octanol–water partition coefficient (Wildman–Crippen LogP) is 1.08. The number of nitrogens with two attached hydrogens (primary N) is 1. The standard InChI is InChI=1S/C15H19N3O4S/c1-10-11(2)18(8-12-5-4-6-17-7-12)15(16)14(10)23(20,21)9-13(19)22-3/h4-7H,8-9,16H2,1-3H3. The third-order valence-corrected chi connectivity index (χ3v) is 5.47. The molecule has 0 spiro atoms. The molecule has 7 nitrogen and oxygen atoms in total. The highest BCUT2D eigenvalue weighted by Gasteiger charge is 2.29. The summed E-state index contributed by atoms with van der Waals surface area (Å²) in [6.07, 6.45) is 3.35. The molecular formula is C15H19N3O4S. The highest BCUT2D eigenvalue weighted by Crippen LogP contribution is 2.30. The van der Waals surface area contributed by atoms with Crippen molar-refractivity contribution >= 4 is 21.6 Å². The molecule has 2 aromatic heterocycles. The zero-order chi connectivity index (χ0) is 17.2.